The molecule has 0 spiro atoms. The van der Waals surface area contributed by atoms with E-state index in [1.165, 1.54) is 9.70 Å². The number of thiocarbonyl (C=S) groups is 1. The monoisotopic (exact) mass is 375 g/mol. The Balaban J connectivity index is 1.63. The third kappa shape index (κ3) is 3.24. The van der Waals surface area contributed by atoms with E-state index in [4.69, 9.17) is 12.2 Å². The van der Waals surface area contributed by atoms with Gasteiger partial charge < -0.3 is 5.32 Å². The Kier molecular flexibility index (Phi) is 4.52. The molecule has 0 bridgehead atoms. The first-order chi connectivity index (χ1) is 13.2. The predicted molar refractivity (Wildman–Crippen MR) is 108 cm³/mol. The molecular weight excluding hydrogens is 358 g/mol. The summed E-state index contributed by atoms with van der Waals surface area (Å²) in [5.41, 5.74) is 3.67. The van der Waals surface area contributed by atoms with Gasteiger partial charge in [-0.15, -0.1) is 5.10 Å². The number of aromatic nitrogens is 3. The molecule has 0 saturated carbocycles. The SMILES string of the molecule is CCc1ccccc1N1C(=O)/C(=C\c2cnn(-c3ccccc3)n2)NC1=S. The molecule has 1 fully saturated rings. The Morgan fingerprint density at radius 2 is 1.85 bits per heavy atom. The molecule has 1 aliphatic rings. The van der Waals surface area contributed by atoms with Crippen molar-refractivity contribution in [3.8, 4) is 5.69 Å². The van der Waals surface area contributed by atoms with E-state index in [1.54, 1.807) is 12.3 Å². The van der Waals surface area contributed by atoms with Crippen LogP contribution >= 0.6 is 12.2 Å². The van der Waals surface area contributed by atoms with Gasteiger partial charge in [-0.25, -0.2) is 0 Å². The number of para-hydroxylation sites is 2. The Hall–Kier alpha value is -3.32. The van der Waals surface area contributed by atoms with Gasteiger partial charge in [0.2, 0.25) is 0 Å². The van der Waals surface area contributed by atoms with E-state index in [-0.39, 0.29) is 5.91 Å². The van der Waals surface area contributed by atoms with Crippen LogP contribution in [0.2, 0.25) is 0 Å². The Bertz CT molecular complexity index is 1040. The normalized spacial score (nSPS) is 15.4. The number of amides is 1. The van der Waals surface area contributed by atoms with Gasteiger partial charge in [0.15, 0.2) is 5.11 Å². The third-order valence-corrected chi connectivity index (χ3v) is 4.57. The van der Waals surface area contributed by atoms with Crippen molar-refractivity contribution >= 4 is 35.0 Å². The summed E-state index contributed by atoms with van der Waals surface area (Å²) in [5, 5.41) is 12.0. The van der Waals surface area contributed by atoms with Crippen LogP contribution in [-0.2, 0) is 11.2 Å². The minimum Gasteiger partial charge on any atom is -0.327 e. The van der Waals surface area contributed by atoms with Crippen molar-refractivity contribution < 1.29 is 4.79 Å². The highest BCUT2D eigenvalue weighted by molar-refractivity contribution is 7.80. The summed E-state index contributed by atoms with van der Waals surface area (Å²) in [6.45, 7) is 2.05. The molecule has 1 amide bonds. The zero-order valence-electron chi connectivity index (χ0n) is 14.7. The molecule has 0 aliphatic carbocycles. The molecule has 0 radical (unpaired) electrons. The molecule has 1 N–H and O–H groups in total. The molecule has 2 heterocycles. The summed E-state index contributed by atoms with van der Waals surface area (Å²) in [6.07, 6.45) is 4.09. The number of nitrogens with zero attached hydrogens (tertiary/aromatic N) is 4. The third-order valence-electron chi connectivity index (χ3n) is 4.28. The number of carbonyl (C=O) groups is 1. The van der Waals surface area contributed by atoms with Crippen LogP contribution in [0.1, 0.15) is 18.2 Å². The molecule has 1 aliphatic heterocycles. The Morgan fingerprint density at radius 1 is 1.11 bits per heavy atom. The summed E-state index contributed by atoms with van der Waals surface area (Å²) >= 11 is 5.39. The van der Waals surface area contributed by atoms with Gasteiger partial charge >= 0.3 is 0 Å². The smallest absolute Gasteiger partial charge is 0.281 e. The summed E-state index contributed by atoms with van der Waals surface area (Å²) in [5.74, 6) is -0.199. The van der Waals surface area contributed by atoms with Gasteiger partial charge in [-0.2, -0.15) is 9.90 Å². The number of aryl methyl sites for hydroxylation is 1. The summed E-state index contributed by atoms with van der Waals surface area (Å²) in [7, 11) is 0. The number of hydrogen-bond acceptors (Lipinski definition) is 4. The highest BCUT2D eigenvalue weighted by Crippen LogP contribution is 2.26. The van der Waals surface area contributed by atoms with E-state index in [1.807, 2.05) is 54.6 Å². The van der Waals surface area contributed by atoms with Crippen molar-refractivity contribution in [2.75, 3.05) is 4.90 Å². The van der Waals surface area contributed by atoms with Gasteiger partial charge in [-0.1, -0.05) is 43.3 Å². The number of anilines is 1. The maximum atomic E-state index is 12.9. The fourth-order valence-electron chi connectivity index (χ4n) is 2.96. The average molecular weight is 375 g/mol. The van der Waals surface area contributed by atoms with Crippen LogP contribution in [0, 0.1) is 0 Å². The molecule has 0 unspecified atom stereocenters. The molecule has 2 aromatic carbocycles. The molecule has 3 aromatic rings. The molecule has 7 heteroatoms. The molecular formula is C20H17N5OS. The number of hydrogen-bond donors (Lipinski definition) is 1. The standard InChI is InChI=1S/C20H17N5OS/c1-2-14-8-6-7-11-18(14)24-19(26)17(22-20(24)27)12-15-13-21-25(23-15)16-9-4-3-5-10-16/h3-13H,2H2,1H3,(H,22,27)/b17-12+. The highest BCUT2D eigenvalue weighted by Gasteiger charge is 2.33. The van der Waals surface area contributed by atoms with Crippen molar-refractivity contribution in [3.05, 3.63) is 77.7 Å². The minimum absolute atomic E-state index is 0.199. The average Bonchev–Trinajstić information content (AvgIpc) is 3.27. The lowest BCUT2D eigenvalue weighted by Gasteiger charge is -2.17. The Morgan fingerprint density at radius 3 is 2.63 bits per heavy atom. The second-order valence-corrected chi connectivity index (χ2v) is 6.39. The highest BCUT2D eigenvalue weighted by atomic mass is 32.1. The van der Waals surface area contributed by atoms with E-state index < -0.39 is 0 Å². The van der Waals surface area contributed by atoms with Gasteiger partial charge in [0, 0.05) is 0 Å². The first-order valence-electron chi connectivity index (χ1n) is 8.60. The maximum absolute atomic E-state index is 12.9. The first kappa shape index (κ1) is 17.1. The van der Waals surface area contributed by atoms with Crippen LogP contribution in [0.5, 0.6) is 0 Å². The van der Waals surface area contributed by atoms with Gasteiger partial charge in [0.25, 0.3) is 5.91 Å². The van der Waals surface area contributed by atoms with Gasteiger partial charge in [-0.05, 0) is 48.5 Å². The van der Waals surface area contributed by atoms with Gasteiger partial charge in [0.1, 0.15) is 11.4 Å². The Labute approximate surface area is 162 Å². The van der Waals surface area contributed by atoms with E-state index in [9.17, 15) is 4.79 Å². The number of rotatable bonds is 4. The predicted octanol–water partition coefficient (Wildman–Crippen LogP) is 3.09. The maximum Gasteiger partial charge on any atom is 0.281 e. The number of nitrogens with one attached hydrogen (secondary N) is 1. The lowest BCUT2D eigenvalue weighted by atomic mass is 10.1. The van der Waals surface area contributed by atoms with Gasteiger partial charge in [-0.3, -0.25) is 9.69 Å². The fraction of sp³-hybridized carbons (Fsp3) is 0.100. The molecule has 6 nitrogen and oxygen atoms in total. The van der Waals surface area contributed by atoms with E-state index in [0.717, 1.165) is 23.4 Å². The molecule has 0 atom stereocenters. The molecule has 134 valence electrons. The van der Waals surface area contributed by atoms with Crippen molar-refractivity contribution in [2.24, 2.45) is 0 Å². The topological polar surface area (TPSA) is 63.1 Å². The summed E-state index contributed by atoms with van der Waals surface area (Å²) in [6, 6.07) is 17.3. The lowest BCUT2D eigenvalue weighted by Crippen LogP contribution is -2.31. The summed E-state index contributed by atoms with van der Waals surface area (Å²) in [4.78, 5) is 16.0. The van der Waals surface area contributed by atoms with Gasteiger partial charge in [0.05, 0.1) is 17.6 Å². The fourth-order valence-corrected chi connectivity index (χ4v) is 3.25. The minimum atomic E-state index is -0.199. The van der Waals surface area contributed by atoms with Crippen LogP contribution in [0.25, 0.3) is 11.8 Å². The molecule has 1 saturated heterocycles. The quantitative estimate of drug-likeness (QED) is 0.561. The number of carbonyl (C=O) groups excluding carboxylic acids is 1. The second kappa shape index (κ2) is 7.13. The van der Waals surface area contributed by atoms with E-state index in [2.05, 4.69) is 22.4 Å². The molecule has 27 heavy (non-hydrogen) atoms. The van der Waals surface area contributed by atoms with Crippen LogP contribution in [0.3, 0.4) is 0 Å². The lowest BCUT2D eigenvalue weighted by molar-refractivity contribution is -0.113. The van der Waals surface area contributed by atoms with E-state index >= 15 is 0 Å². The zero-order valence-corrected chi connectivity index (χ0v) is 15.5. The van der Waals surface area contributed by atoms with Crippen molar-refractivity contribution in [2.45, 2.75) is 13.3 Å². The van der Waals surface area contributed by atoms with Crippen LogP contribution in [0.15, 0.2) is 66.5 Å². The number of benzene rings is 2. The van der Waals surface area contributed by atoms with E-state index in [0.29, 0.717) is 16.5 Å². The van der Waals surface area contributed by atoms with Crippen LogP contribution < -0.4 is 10.2 Å². The van der Waals surface area contributed by atoms with Crippen LogP contribution in [0.4, 0.5) is 5.69 Å². The largest absolute Gasteiger partial charge is 0.327 e. The second-order valence-electron chi connectivity index (χ2n) is 6.01. The molecule has 1 aromatic heterocycles. The summed E-state index contributed by atoms with van der Waals surface area (Å²) < 4.78 is 0. The van der Waals surface area contributed by atoms with Crippen molar-refractivity contribution in [3.63, 3.8) is 0 Å². The first-order valence-corrected chi connectivity index (χ1v) is 9.01. The van der Waals surface area contributed by atoms with Crippen molar-refractivity contribution in [1.29, 1.82) is 0 Å². The molecule has 4 rings (SSSR count). The van der Waals surface area contributed by atoms with Crippen molar-refractivity contribution in [1.82, 2.24) is 20.3 Å². The van der Waals surface area contributed by atoms with Crippen LogP contribution in [-0.4, -0.2) is 26.0 Å². The zero-order chi connectivity index (χ0) is 18.8.